The van der Waals surface area contributed by atoms with Gasteiger partial charge in [-0.3, -0.25) is 28.9 Å². The summed E-state index contributed by atoms with van der Waals surface area (Å²) < 4.78 is 65.9. The SMILES string of the molecule is CC(=O)CCC(=O)O[C@H]1[C@H](O[C@@H]2O[C@H](COC(C)=O)[C@@H](OCc3ccccc3)[C@H](OCc3ccccc3)[C@H]2OC(C)=O)[C@@H](COCc2ccccc2)O[C@@H](O[Si](C)(C)C(C)(C)C(C)C)[C@@H]1N1C(=O)C(C)=C(C)C1=O. The molecule has 3 aliphatic heterocycles. The quantitative estimate of drug-likeness (QED) is 0.0365. The number of nitrogens with zero attached hydrogens (tertiary/aromatic N) is 1. The summed E-state index contributed by atoms with van der Waals surface area (Å²) in [4.78, 5) is 82.5. The average molecular weight is 1040 g/mol. The topological polar surface area (TPSA) is 198 Å². The molecule has 3 aliphatic rings. The van der Waals surface area contributed by atoms with E-state index in [0.29, 0.717) is 0 Å². The monoisotopic (exact) mass is 1040 g/mol. The average Bonchev–Trinajstić information content (AvgIpc) is 3.54. The van der Waals surface area contributed by atoms with Gasteiger partial charge in [0.05, 0.1) is 32.8 Å². The van der Waals surface area contributed by atoms with Crippen LogP contribution in [0.25, 0.3) is 0 Å². The molecule has 0 bridgehead atoms. The number of carbonyl (C=O) groups excluding carboxylic acids is 6. The molecule has 2 amide bonds. The van der Waals surface area contributed by atoms with E-state index in [0.717, 1.165) is 21.6 Å². The van der Waals surface area contributed by atoms with Gasteiger partial charge >= 0.3 is 17.9 Å². The van der Waals surface area contributed by atoms with Crippen molar-refractivity contribution < 1.29 is 75.8 Å². The number of esters is 3. The van der Waals surface area contributed by atoms with Crippen LogP contribution < -0.4 is 0 Å². The molecule has 6 rings (SSSR count). The predicted molar refractivity (Wildman–Crippen MR) is 272 cm³/mol. The van der Waals surface area contributed by atoms with Crippen molar-refractivity contribution in [1.29, 1.82) is 0 Å². The Labute approximate surface area is 435 Å². The van der Waals surface area contributed by atoms with Crippen molar-refractivity contribution >= 4 is 43.8 Å². The van der Waals surface area contributed by atoms with Crippen LogP contribution in [-0.2, 0) is 95.6 Å². The van der Waals surface area contributed by atoms with Gasteiger partial charge in [-0.2, -0.15) is 0 Å². The van der Waals surface area contributed by atoms with E-state index in [4.69, 9.17) is 47.1 Å². The molecule has 0 saturated carbocycles. The second-order valence-corrected chi connectivity index (χ2v) is 25.0. The van der Waals surface area contributed by atoms with Gasteiger partial charge < -0.3 is 51.9 Å². The molecule has 0 unspecified atom stereocenters. The number of Topliss-reactive ketones (excluding diaryl/α,β-unsaturated/α-hetero) is 1. The van der Waals surface area contributed by atoms with Crippen LogP contribution >= 0.6 is 0 Å². The van der Waals surface area contributed by atoms with E-state index in [1.165, 1.54) is 34.6 Å². The minimum atomic E-state index is -2.98. The molecule has 74 heavy (non-hydrogen) atoms. The summed E-state index contributed by atoms with van der Waals surface area (Å²) in [6.45, 7) is 18.8. The van der Waals surface area contributed by atoms with Crippen LogP contribution in [0.5, 0.6) is 0 Å². The second-order valence-electron chi connectivity index (χ2n) is 20.5. The molecule has 0 spiro atoms. The number of imide groups is 1. The zero-order chi connectivity index (χ0) is 53.9. The lowest BCUT2D eigenvalue weighted by molar-refractivity contribution is -0.356. The molecule has 3 aromatic rings. The van der Waals surface area contributed by atoms with Gasteiger partial charge in [0, 0.05) is 31.4 Å². The van der Waals surface area contributed by atoms with Crippen LogP contribution in [0.1, 0.15) is 91.8 Å². The highest BCUT2D eigenvalue weighted by atomic mass is 28.4. The smallest absolute Gasteiger partial charge is 0.306 e. The zero-order valence-electron chi connectivity index (χ0n) is 44.4. The van der Waals surface area contributed by atoms with Crippen LogP contribution in [0.4, 0.5) is 0 Å². The van der Waals surface area contributed by atoms with Crippen molar-refractivity contribution in [2.45, 2.75) is 174 Å². The number of amides is 2. The number of ketones is 1. The molecule has 0 radical (unpaired) electrons. The molecule has 0 N–H and O–H groups in total. The number of rotatable bonds is 24. The lowest BCUT2D eigenvalue weighted by Crippen LogP contribution is -2.71. The molecule has 17 nitrogen and oxygen atoms in total. The number of ether oxygens (including phenoxy) is 9. The maximum atomic E-state index is 14.5. The van der Waals surface area contributed by atoms with Crippen molar-refractivity contribution in [3.63, 3.8) is 0 Å². The third-order valence-electron chi connectivity index (χ3n) is 14.5. The molecule has 0 aliphatic carbocycles. The van der Waals surface area contributed by atoms with Crippen molar-refractivity contribution in [2.24, 2.45) is 5.92 Å². The van der Waals surface area contributed by atoms with E-state index < -0.39 is 104 Å². The Morgan fingerprint density at radius 3 is 1.62 bits per heavy atom. The Balaban J connectivity index is 1.53. The molecule has 0 aromatic heterocycles. The third kappa shape index (κ3) is 14.5. The highest BCUT2D eigenvalue weighted by molar-refractivity contribution is 6.74. The fourth-order valence-corrected chi connectivity index (χ4v) is 11.4. The molecule has 2 saturated heterocycles. The van der Waals surface area contributed by atoms with Crippen LogP contribution in [0.3, 0.4) is 0 Å². The van der Waals surface area contributed by atoms with E-state index >= 15 is 0 Å². The largest absolute Gasteiger partial charge is 0.463 e. The number of carbonyl (C=O) groups is 6. The van der Waals surface area contributed by atoms with E-state index in [9.17, 15) is 28.8 Å². The summed E-state index contributed by atoms with van der Waals surface area (Å²) in [5, 5.41) is -0.428. The molecule has 402 valence electrons. The number of hydrogen-bond acceptors (Lipinski definition) is 16. The van der Waals surface area contributed by atoms with Crippen molar-refractivity contribution in [1.82, 2.24) is 4.90 Å². The van der Waals surface area contributed by atoms with E-state index in [1.807, 2.05) is 104 Å². The van der Waals surface area contributed by atoms with E-state index in [-0.39, 0.29) is 68.7 Å². The Hall–Kier alpha value is -5.44. The van der Waals surface area contributed by atoms with Crippen molar-refractivity contribution in [2.75, 3.05) is 13.2 Å². The maximum absolute atomic E-state index is 14.5. The second kappa shape index (κ2) is 25.9. The highest BCUT2D eigenvalue weighted by Crippen LogP contribution is 2.47. The summed E-state index contributed by atoms with van der Waals surface area (Å²) in [5.74, 6) is -3.72. The van der Waals surface area contributed by atoms with Crippen molar-refractivity contribution in [3.05, 3.63) is 119 Å². The van der Waals surface area contributed by atoms with Gasteiger partial charge in [-0.15, -0.1) is 0 Å². The van der Waals surface area contributed by atoms with Gasteiger partial charge in [0.2, 0.25) is 0 Å². The number of hydrogen-bond donors (Lipinski definition) is 0. The van der Waals surface area contributed by atoms with Gasteiger partial charge in [-0.25, -0.2) is 0 Å². The van der Waals surface area contributed by atoms with E-state index in [2.05, 4.69) is 27.7 Å². The minimum Gasteiger partial charge on any atom is -0.463 e. The number of benzene rings is 3. The van der Waals surface area contributed by atoms with Crippen LogP contribution in [0.2, 0.25) is 18.1 Å². The molecule has 10 atom stereocenters. The predicted octanol–water partition coefficient (Wildman–Crippen LogP) is 7.72. The first-order valence-electron chi connectivity index (χ1n) is 25.2. The first-order chi connectivity index (χ1) is 35.1. The summed E-state index contributed by atoms with van der Waals surface area (Å²) in [6, 6.07) is 26.5. The van der Waals surface area contributed by atoms with Gasteiger partial charge in [0.1, 0.15) is 49.0 Å². The zero-order valence-corrected chi connectivity index (χ0v) is 45.4. The van der Waals surface area contributed by atoms with Crippen LogP contribution in [0.15, 0.2) is 102 Å². The van der Waals surface area contributed by atoms with Crippen LogP contribution in [-0.4, -0.2) is 123 Å². The normalized spacial score (nSPS) is 25.5. The highest BCUT2D eigenvalue weighted by Gasteiger charge is 2.60. The third-order valence-corrected chi connectivity index (χ3v) is 19.0. The van der Waals surface area contributed by atoms with Crippen molar-refractivity contribution in [3.8, 4) is 0 Å². The standard InChI is InChI=1S/C56H73NO16Si/c1-34(2)56(8,9)74(10,11)73-54-46(57-52(62)36(4)37(5)53(57)63)49(71-45(61)28-27-35(3)58)48(43(69-54)32-64-29-40-21-15-12-16-22-40)72-55-51(68-39(7)60)50(67-31-42-25-19-14-20-26-42)47(44(70-55)33-65-38(6)59)66-30-41-23-17-13-18-24-41/h12-26,34,43-44,46-51,54-55H,27-33H2,1-11H3/t43-,44-,46-,47-,48-,49-,50+,51-,54+,55+/m1/s1. The molecule has 3 aromatic carbocycles. The fraction of sp³-hybridized carbons (Fsp3) is 0.536. The molecule has 18 heteroatoms. The molecular formula is C56H73NO16Si. The molecular weight excluding hydrogens is 971 g/mol. The Morgan fingerprint density at radius 2 is 1.12 bits per heavy atom. The summed E-state index contributed by atoms with van der Waals surface area (Å²) in [7, 11) is -2.98. The Bertz CT molecular complexity index is 2410. The first-order valence-corrected chi connectivity index (χ1v) is 28.1. The van der Waals surface area contributed by atoms with Gasteiger partial charge in [0.15, 0.2) is 33.1 Å². The maximum Gasteiger partial charge on any atom is 0.306 e. The molecule has 2 fully saturated rings. The van der Waals surface area contributed by atoms with Crippen LogP contribution in [0, 0.1) is 5.92 Å². The lowest BCUT2D eigenvalue weighted by atomic mass is 9.93. The lowest BCUT2D eigenvalue weighted by Gasteiger charge is -2.53. The molecule has 3 heterocycles. The van der Waals surface area contributed by atoms with Gasteiger partial charge in [-0.1, -0.05) is 119 Å². The summed E-state index contributed by atoms with van der Waals surface area (Å²) in [6.07, 6.45) is -12.8. The van der Waals surface area contributed by atoms with Gasteiger partial charge in [0.25, 0.3) is 11.8 Å². The minimum absolute atomic E-state index is 0.00126. The fourth-order valence-electron chi connectivity index (χ4n) is 8.95. The van der Waals surface area contributed by atoms with Gasteiger partial charge in [-0.05, 0) is 61.5 Å². The summed E-state index contributed by atoms with van der Waals surface area (Å²) in [5.41, 5.74) is 2.73. The Morgan fingerprint density at radius 1 is 0.622 bits per heavy atom. The summed E-state index contributed by atoms with van der Waals surface area (Å²) >= 11 is 0. The Kier molecular flexibility index (Phi) is 20.2. The first kappa shape index (κ1) is 57.8. The van der Waals surface area contributed by atoms with E-state index in [1.54, 1.807) is 0 Å².